The lowest BCUT2D eigenvalue weighted by Crippen LogP contribution is -2.31. The summed E-state index contributed by atoms with van der Waals surface area (Å²) < 4.78 is 14.9. The Kier molecular flexibility index (Phi) is 5.20. The highest BCUT2D eigenvalue weighted by Crippen LogP contribution is 2.11. The van der Waals surface area contributed by atoms with Crippen molar-refractivity contribution in [3.63, 3.8) is 0 Å². The van der Waals surface area contributed by atoms with Crippen molar-refractivity contribution in [3.05, 3.63) is 47.9 Å². The molecule has 0 saturated heterocycles. The van der Waals surface area contributed by atoms with Crippen LogP contribution in [0.15, 0.2) is 42.4 Å². The van der Waals surface area contributed by atoms with Crippen LogP contribution in [0.3, 0.4) is 0 Å². The molecule has 1 aliphatic rings. The SMILES string of the molecule is C[C@H](NC(=O)COC(=O)C1=COCCO1)c1ccccc1. The van der Waals surface area contributed by atoms with Crippen molar-refractivity contribution in [3.8, 4) is 0 Å². The summed E-state index contributed by atoms with van der Waals surface area (Å²) in [7, 11) is 0. The molecule has 0 fully saturated rings. The van der Waals surface area contributed by atoms with E-state index in [0.717, 1.165) is 5.56 Å². The van der Waals surface area contributed by atoms with E-state index in [0.29, 0.717) is 6.61 Å². The summed E-state index contributed by atoms with van der Waals surface area (Å²) in [5.74, 6) is -1.11. The quantitative estimate of drug-likeness (QED) is 0.828. The van der Waals surface area contributed by atoms with E-state index in [-0.39, 0.29) is 30.9 Å². The number of benzene rings is 1. The summed E-state index contributed by atoms with van der Waals surface area (Å²) in [6, 6.07) is 9.35. The molecule has 1 atom stereocenters. The van der Waals surface area contributed by atoms with Crippen molar-refractivity contribution in [2.45, 2.75) is 13.0 Å². The third-order valence-electron chi connectivity index (χ3n) is 2.86. The maximum Gasteiger partial charge on any atom is 0.377 e. The molecule has 2 rings (SSSR count). The molecule has 0 radical (unpaired) electrons. The molecule has 1 aromatic rings. The van der Waals surface area contributed by atoms with Gasteiger partial charge in [0.05, 0.1) is 6.04 Å². The summed E-state index contributed by atoms with van der Waals surface area (Å²) in [6.07, 6.45) is 1.19. The monoisotopic (exact) mass is 291 g/mol. The van der Waals surface area contributed by atoms with Crippen LogP contribution in [0.2, 0.25) is 0 Å². The first-order chi connectivity index (χ1) is 10.2. The van der Waals surface area contributed by atoms with Gasteiger partial charge < -0.3 is 19.5 Å². The highest BCUT2D eigenvalue weighted by atomic mass is 16.6. The van der Waals surface area contributed by atoms with Crippen molar-refractivity contribution in [2.75, 3.05) is 19.8 Å². The fourth-order valence-electron chi connectivity index (χ4n) is 1.79. The maximum absolute atomic E-state index is 11.7. The molecule has 0 bridgehead atoms. The van der Waals surface area contributed by atoms with Gasteiger partial charge in [0, 0.05) is 0 Å². The van der Waals surface area contributed by atoms with Crippen LogP contribution < -0.4 is 5.32 Å². The van der Waals surface area contributed by atoms with Crippen molar-refractivity contribution < 1.29 is 23.8 Å². The molecular weight excluding hydrogens is 274 g/mol. The van der Waals surface area contributed by atoms with Crippen LogP contribution in [0.1, 0.15) is 18.5 Å². The standard InChI is InChI=1S/C15H17NO5/c1-11(12-5-3-2-4-6-12)16-14(17)10-21-15(18)13-9-19-7-8-20-13/h2-6,9,11H,7-8,10H2,1H3,(H,16,17)/t11-/m0/s1. The smallest absolute Gasteiger partial charge is 0.377 e. The Labute approximate surface area is 122 Å². The molecule has 112 valence electrons. The fourth-order valence-corrected chi connectivity index (χ4v) is 1.79. The minimum absolute atomic E-state index is 0.0230. The predicted molar refractivity (Wildman–Crippen MR) is 73.9 cm³/mol. The molecule has 0 unspecified atom stereocenters. The Morgan fingerprint density at radius 3 is 2.71 bits per heavy atom. The lowest BCUT2D eigenvalue weighted by Gasteiger charge is -2.16. The molecule has 6 nitrogen and oxygen atoms in total. The summed E-state index contributed by atoms with van der Waals surface area (Å²) in [5, 5.41) is 2.75. The average molecular weight is 291 g/mol. The zero-order chi connectivity index (χ0) is 15.1. The van der Waals surface area contributed by atoms with Crippen molar-refractivity contribution in [2.24, 2.45) is 0 Å². The summed E-state index contributed by atoms with van der Waals surface area (Å²) in [4.78, 5) is 23.3. The largest absolute Gasteiger partial charge is 0.493 e. The minimum atomic E-state index is -0.711. The Morgan fingerprint density at radius 2 is 2.05 bits per heavy atom. The van der Waals surface area contributed by atoms with Gasteiger partial charge in [-0.05, 0) is 12.5 Å². The number of nitrogens with one attached hydrogen (secondary N) is 1. The first-order valence-corrected chi connectivity index (χ1v) is 6.63. The first kappa shape index (κ1) is 14.9. The topological polar surface area (TPSA) is 73.9 Å². The highest BCUT2D eigenvalue weighted by Gasteiger charge is 2.18. The van der Waals surface area contributed by atoms with E-state index in [1.165, 1.54) is 6.26 Å². The number of carbonyl (C=O) groups is 2. The van der Waals surface area contributed by atoms with Gasteiger partial charge in [0.1, 0.15) is 19.5 Å². The van der Waals surface area contributed by atoms with Gasteiger partial charge in [-0.15, -0.1) is 0 Å². The number of carbonyl (C=O) groups excluding carboxylic acids is 2. The van der Waals surface area contributed by atoms with Crippen LogP contribution >= 0.6 is 0 Å². The van der Waals surface area contributed by atoms with Gasteiger partial charge in [0.25, 0.3) is 5.91 Å². The van der Waals surface area contributed by atoms with Crippen LogP contribution in [-0.4, -0.2) is 31.7 Å². The maximum atomic E-state index is 11.7. The molecule has 1 aromatic carbocycles. The van der Waals surface area contributed by atoms with Gasteiger partial charge in [-0.1, -0.05) is 30.3 Å². The van der Waals surface area contributed by atoms with Crippen molar-refractivity contribution in [1.82, 2.24) is 5.32 Å². The molecule has 21 heavy (non-hydrogen) atoms. The zero-order valence-electron chi connectivity index (χ0n) is 11.7. The molecule has 0 saturated carbocycles. The fraction of sp³-hybridized carbons (Fsp3) is 0.333. The van der Waals surface area contributed by atoms with E-state index in [4.69, 9.17) is 14.2 Å². The second-order valence-electron chi connectivity index (χ2n) is 4.48. The Balaban J connectivity index is 1.77. The number of amides is 1. The van der Waals surface area contributed by atoms with Crippen molar-refractivity contribution in [1.29, 1.82) is 0 Å². The van der Waals surface area contributed by atoms with E-state index >= 15 is 0 Å². The van der Waals surface area contributed by atoms with E-state index in [2.05, 4.69) is 5.32 Å². The third kappa shape index (κ3) is 4.52. The van der Waals surface area contributed by atoms with Crippen LogP contribution in [0.4, 0.5) is 0 Å². The normalized spacial score (nSPS) is 15.0. The minimum Gasteiger partial charge on any atom is -0.493 e. The molecule has 0 aromatic heterocycles. The average Bonchev–Trinajstić information content (AvgIpc) is 2.54. The van der Waals surface area contributed by atoms with Gasteiger partial charge in [-0.2, -0.15) is 0 Å². The van der Waals surface area contributed by atoms with Gasteiger partial charge in [-0.25, -0.2) is 4.79 Å². The molecule has 1 heterocycles. The number of rotatable bonds is 5. The second kappa shape index (κ2) is 7.33. The van der Waals surface area contributed by atoms with E-state index in [1.54, 1.807) is 0 Å². The van der Waals surface area contributed by atoms with E-state index in [1.807, 2.05) is 37.3 Å². The van der Waals surface area contributed by atoms with Gasteiger partial charge in [0.2, 0.25) is 5.76 Å². The van der Waals surface area contributed by atoms with Crippen molar-refractivity contribution >= 4 is 11.9 Å². The Bertz CT molecular complexity index is 526. The predicted octanol–water partition coefficient (Wildman–Crippen LogP) is 1.30. The molecular formula is C15H17NO5. The van der Waals surface area contributed by atoms with Gasteiger partial charge in [0.15, 0.2) is 6.61 Å². The third-order valence-corrected chi connectivity index (χ3v) is 2.86. The zero-order valence-corrected chi connectivity index (χ0v) is 11.7. The molecule has 6 heteroatoms. The molecule has 1 amide bonds. The summed E-state index contributed by atoms with van der Waals surface area (Å²) in [6.45, 7) is 2.18. The van der Waals surface area contributed by atoms with Gasteiger partial charge >= 0.3 is 5.97 Å². The second-order valence-corrected chi connectivity index (χ2v) is 4.48. The molecule has 0 spiro atoms. The first-order valence-electron chi connectivity index (χ1n) is 6.63. The van der Waals surface area contributed by atoms with E-state index in [9.17, 15) is 9.59 Å². The van der Waals surface area contributed by atoms with Crippen LogP contribution in [0.25, 0.3) is 0 Å². The number of esters is 1. The van der Waals surface area contributed by atoms with E-state index < -0.39 is 5.97 Å². The summed E-state index contributed by atoms with van der Waals surface area (Å²) in [5.41, 5.74) is 0.976. The molecule has 1 N–H and O–H groups in total. The van der Waals surface area contributed by atoms with Gasteiger partial charge in [-0.3, -0.25) is 4.79 Å². The van der Waals surface area contributed by atoms with Crippen LogP contribution in [-0.2, 0) is 23.8 Å². The summed E-state index contributed by atoms with van der Waals surface area (Å²) >= 11 is 0. The van der Waals surface area contributed by atoms with Crippen LogP contribution in [0, 0.1) is 0 Å². The highest BCUT2D eigenvalue weighted by molar-refractivity contribution is 5.88. The molecule has 1 aliphatic heterocycles. The Morgan fingerprint density at radius 1 is 1.29 bits per heavy atom. The number of hydrogen-bond donors (Lipinski definition) is 1. The lowest BCUT2D eigenvalue weighted by molar-refractivity contribution is -0.149. The number of ether oxygens (including phenoxy) is 3. The lowest BCUT2D eigenvalue weighted by atomic mass is 10.1. The Hall–Kier alpha value is -2.50. The molecule has 0 aliphatic carbocycles. The number of hydrogen-bond acceptors (Lipinski definition) is 5. The van der Waals surface area contributed by atoms with Crippen LogP contribution in [0.5, 0.6) is 0 Å².